The van der Waals surface area contributed by atoms with Gasteiger partial charge in [0.1, 0.15) is 5.02 Å². The standard InChI is InChI=1S/C22H27Cl3N6O/c1-13-12-30(21(32)19-4-3-7-26-19)8-9-31(13)22-27-11-18(25)20(29-22)28-14(2)16-6-5-15(23)10-17(16)24/h5-6,10-11,13-14,19,26H,3-4,7-9,12H2,1-2H3,(H,27,28,29)/t13-,14?,19-/m1/s1. The summed E-state index contributed by atoms with van der Waals surface area (Å²) in [4.78, 5) is 26.0. The maximum Gasteiger partial charge on any atom is 0.239 e. The highest BCUT2D eigenvalue weighted by atomic mass is 35.5. The van der Waals surface area contributed by atoms with Gasteiger partial charge in [0.25, 0.3) is 0 Å². The number of halogens is 3. The fourth-order valence-corrected chi connectivity index (χ4v) is 5.02. The Bertz CT molecular complexity index is 984. The average Bonchev–Trinajstić information content (AvgIpc) is 3.29. The maximum atomic E-state index is 12.8. The number of carbonyl (C=O) groups is 1. The number of rotatable bonds is 5. The van der Waals surface area contributed by atoms with Crippen LogP contribution >= 0.6 is 34.8 Å². The zero-order chi connectivity index (χ0) is 22.8. The van der Waals surface area contributed by atoms with E-state index in [-0.39, 0.29) is 24.0 Å². The Kier molecular flexibility index (Phi) is 7.30. The molecule has 2 aliphatic rings. The number of anilines is 2. The first-order valence-corrected chi connectivity index (χ1v) is 12.0. The number of nitrogens with one attached hydrogen (secondary N) is 2. The van der Waals surface area contributed by atoms with Crippen LogP contribution in [-0.2, 0) is 4.79 Å². The molecule has 0 bridgehead atoms. The minimum Gasteiger partial charge on any atom is -0.362 e. The van der Waals surface area contributed by atoms with E-state index in [0.717, 1.165) is 24.9 Å². The summed E-state index contributed by atoms with van der Waals surface area (Å²) in [6.45, 7) is 6.94. The van der Waals surface area contributed by atoms with Crippen LogP contribution in [0.2, 0.25) is 15.1 Å². The van der Waals surface area contributed by atoms with E-state index in [1.807, 2.05) is 17.9 Å². The zero-order valence-corrected chi connectivity index (χ0v) is 20.4. The molecule has 1 aromatic carbocycles. The van der Waals surface area contributed by atoms with E-state index in [1.54, 1.807) is 18.3 Å². The number of hydrogen-bond donors (Lipinski definition) is 2. The minimum atomic E-state index is -0.133. The summed E-state index contributed by atoms with van der Waals surface area (Å²) < 4.78 is 0. The SMILES string of the molecule is CC(Nc1nc(N2CCN(C(=O)[C@H]3CCCN3)C[C@H]2C)ncc1Cl)c1ccc(Cl)cc1Cl. The number of hydrogen-bond acceptors (Lipinski definition) is 6. The number of nitrogens with zero attached hydrogens (tertiary/aromatic N) is 4. The Morgan fingerprint density at radius 2 is 2.06 bits per heavy atom. The van der Waals surface area contributed by atoms with Crippen LogP contribution in [-0.4, -0.2) is 59.0 Å². The second kappa shape index (κ2) is 10.00. The summed E-state index contributed by atoms with van der Waals surface area (Å²) in [6.07, 6.45) is 3.58. The van der Waals surface area contributed by atoms with Gasteiger partial charge in [0, 0.05) is 35.7 Å². The first kappa shape index (κ1) is 23.4. The molecule has 1 amide bonds. The lowest BCUT2D eigenvalue weighted by molar-refractivity contribution is -0.133. The largest absolute Gasteiger partial charge is 0.362 e. The van der Waals surface area contributed by atoms with E-state index in [4.69, 9.17) is 39.8 Å². The maximum absolute atomic E-state index is 12.8. The predicted octanol–water partition coefficient (Wildman–Crippen LogP) is 4.40. The van der Waals surface area contributed by atoms with Crippen molar-refractivity contribution in [3.05, 3.63) is 45.0 Å². The van der Waals surface area contributed by atoms with Crippen molar-refractivity contribution in [2.75, 3.05) is 36.4 Å². The molecule has 3 heterocycles. The van der Waals surface area contributed by atoms with Crippen molar-refractivity contribution in [1.82, 2.24) is 20.2 Å². The molecule has 7 nitrogen and oxygen atoms in total. The van der Waals surface area contributed by atoms with E-state index >= 15 is 0 Å². The summed E-state index contributed by atoms with van der Waals surface area (Å²) >= 11 is 18.8. The minimum absolute atomic E-state index is 0.0440. The van der Waals surface area contributed by atoms with E-state index in [2.05, 4.69) is 27.4 Å². The molecule has 2 saturated heterocycles. The molecule has 4 rings (SSSR count). The molecule has 1 unspecified atom stereocenters. The van der Waals surface area contributed by atoms with Gasteiger partial charge in [0.2, 0.25) is 11.9 Å². The van der Waals surface area contributed by atoms with Gasteiger partial charge in [-0.2, -0.15) is 4.98 Å². The Morgan fingerprint density at radius 1 is 1.25 bits per heavy atom. The normalized spacial score (nSPS) is 22.2. The molecule has 0 aliphatic carbocycles. The van der Waals surface area contributed by atoms with Gasteiger partial charge in [-0.05, 0) is 50.9 Å². The molecule has 32 heavy (non-hydrogen) atoms. The Balaban J connectivity index is 1.46. The lowest BCUT2D eigenvalue weighted by Gasteiger charge is -2.40. The fraction of sp³-hybridized carbons (Fsp3) is 0.500. The smallest absolute Gasteiger partial charge is 0.239 e. The van der Waals surface area contributed by atoms with Gasteiger partial charge in [0.05, 0.1) is 18.3 Å². The topological polar surface area (TPSA) is 73.4 Å². The summed E-state index contributed by atoms with van der Waals surface area (Å²) in [6, 6.07) is 5.31. The third kappa shape index (κ3) is 5.06. The van der Waals surface area contributed by atoms with Crippen LogP contribution < -0.4 is 15.5 Å². The third-order valence-corrected chi connectivity index (χ3v) is 6.91. The van der Waals surface area contributed by atoms with E-state index < -0.39 is 0 Å². The lowest BCUT2D eigenvalue weighted by Crippen LogP contribution is -2.57. The van der Waals surface area contributed by atoms with Crippen molar-refractivity contribution in [2.45, 2.75) is 44.8 Å². The molecule has 2 N–H and O–H groups in total. The molecule has 0 saturated carbocycles. The number of piperazine rings is 1. The van der Waals surface area contributed by atoms with Crippen LogP contribution in [0.5, 0.6) is 0 Å². The molecule has 1 aromatic heterocycles. The van der Waals surface area contributed by atoms with Crippen molar-refractivity contribution in [1.29, 1.82) is 0 Å². The molecule has 0 radical (unpaired) electrons. The monoisotopic (exact) mass is 496 g/mol. The molecule has 2 aliphatic heterocycles. The second-order valence-corrected chi connectivity index (χ2v) is 9.62. The van der Waals surface area contributed by atoms with E-state index in [1.165, 1.54) is 0 Å². The molecule has 10 heteroatoms. The van der Waals surface area contributed by atoms with Crippen molar-refractivity contribution < 1.29 is 4.79 Å². The third-order valence-electron chi connectivity index (χ3n) is 6.07. The summed E-state index contributed by atoms with van der Waals surface area (Å²) in [7, 11) is 0. The number of carbonyl (C=O) groups excluding carboxylic acids is 1. The first-order valence-electron chi connectivity index (χ1n) is 10.9. The summed E-state index contributed by atoms with van der Waals surface area (Å²) in [5.74, 6) is 1.32. The molecule has 3 atom stereocenters. The molecular weight excluding hydrogens is 471 g/mol. The van der Waals surface area contributed by atoms with Crippen molar-refractivity contribution >= 4 is 52.5 Å². The highest BCUT2D eigenvalue weighted by Crippen LogP contribution is 2.31. The van der Waals surface area contributed by atoms with Crippen LogP contribution in [0.4, 0.5) is 11.8 Å². The summed E-state index contributed by atoms with van der Waals surface area (Å²) in [5.41, 5.74) is 0.897. The van der Waals surface area contributed by atoms with Gasteiger partial charge in [-0.25, -0.2) is 4.98 Å². The molecular formula is C22H27Cl3N6O. The van der Waals surface area contributed by atoms with Crippen LogP contribution in [0, 0.1) is 0 Å². The van der Waals surface area contributed by atoms with Gasteiger partial charge in [-0.1, -0.05) is 40.9 Å². The highest BCUT2D eigenvalue weighted by molar-refractivity contribution is 6.35. The Hall–Kier alpha value is -1.80. The van der Waals surface area contributed by atoms with Crippen LogP contribution in [0.15, 0.2) is 24.4 Å². The Labute approximate surface area is 203 Å². The second-order valence-electron chi connectivity index (χ2n) is 8.37. The number of amides is 1. The molecule has 0 spiro atoms. The van der Waals surface area contributed by atoms with Gasteiger partial charge >= 0.3 is 0 Å². The van der Waals surface area contributed by atoms with Gasteiger partial charge in [-0.3, -0.25) is 4.79 Å². The predicted molar refractivity (Wildman–Crippen MR) is 130 cm³/mol. The summed E-state index contributed by atoms with van der Waals surface area (Å²) in [5, 5.41) is 8.22. The van der Waals surface area contributed by atoms with Crippen molar-refractivity contribution in [3.63, 3.8) is 0 Å². The van der Waals surface area contributed by atoms with Gasteiger partial charge in [0.15, 0.2) is 5.82 Å². The number of aromatic nitrogens is 2. The first-order chi connectivity index (χ1) is 15.3. The van der Waals surface area contributed by atoms with Crippen LogP contribution in [0.3, 0.4) is 0 Å². The van der Waals surface area contributed by atoms with Crippen molar-refractivity contribution in [3.8, 4) is 0 Å². The van der Waals surface area contributed by atoms with Crippen LogP contribution in [0.25, 0.3) is 0 Å². The van der Waals surface area contributed by atoms with Gasteiger partial charge in [-0.15, -0.1) is 0 Å². The van der Waals surface area contributed by atoms with Crippen LogP contribution in [0.1, 0.15) is 38.3 Å². The fourth-order valence-electron chi connectivity index (χ4n) is 4.30. The van der Waals surface area contributed by atoms with Crippen molar-refractivity contribution in [2.24, 2.45) is 0 Å². The lowest BCUT2D eigenvalue weighted by atomic mass is 10.1. The number of benzene rings is 1. The average molecular weight is 498 g/mol. The molecule has 2 fully saturated rings. The van der Waals surface area contributed by atoms with E-state index in [0.29, 0.717) is 46.5 Å². The van der Waals surface area contributed by atoms with Gasteiger partial charge < -0.3 is 20.4 Å². The van der Waals surface area contributed by atoms with E-state index in [9.17, 15) is 4.79 Å². The molecule has 172 valence electrons. The highest BCUT2D eigenvalue weighted by Gasteiger charge is 2.33. The zero-order valence-electron chi connectivity index (χ0n) is 18.1. The molecule has 2 aromatic rings. The Morgan fingerprint density at radius 3 is 2.75 bits per heavy atom. The quantitative estimate of drug-likeness (QED) is 0.638.